The average molecular weight is 447 g/mol. The number of urea groups is 1. The third kappa shape index (κ3) is 4.37. The van der Waals surface area contributed by atoms with Gasteiger partial charge in [0.1, 0.15) is 5.57 Å². The minimum absolute atomic E-state index is 0.0278. The van der Waals surface area contributed by atoms with Crippen LogP contribution in [-0.4, -0.2) is 38.0 Å². The van der Waals surface area contributed by atoms with Crippen LogP contribution in [0.2, 0.25) is 5.02 Å². The van der Waals surface area contributed by atoms with Crippen molar-refractivity contribution in [2.45, 2.75) is 13.8 Å². The molecule has 0 atom stereocenters. The van der Waals surface area contributed by atoms with Crippen LogP contribution in [0.15, 0.2) is 60.2 Å². The molecular weight excluding hydrogens is 428 g/mol. The quantitative estimate of drug-likeness (QED) is 0.343. The smallest absolute Gasteiger partial charge is 0.267 e. The molecule has 2 aromatic carbocycles. The molecule has 29 heavy (non-hydrogen) atoms. The van der Waals surface area contributed by atoms with Gasteiger partial charge in [-0.25, -0.2) is 4.79 Å². The molecule has 2 aromatic rings. The van der Waals surface area contributed by atoms with E-state index < -0.39 is 17.8 Å². The molecule has 0 saturated carbocycles. The third-order valence-electron chi connectivity index (χ3n) is 4.11. The molecule has 0 N–H and O–H groups in total. The van der Waals surface area contributed by atoms with E-state index in [1.54, 1.807) is 24.3 Å². The molecule has 1 fully saturated rings. The van der Waals surface area contributed by atoms with Crippen molar-refractivity contribution < 1.29 is 14.4 Å². The molecular formula is C21H19ClN2O3S2. The first-order valence-electron chi connectivity index (χ1n) is 9.03. The molecule has 1 aliphatic rings. The minimum atomic E-state index is -0.619. The highest BCUT2D eigenvalue weighted by atomic mass is 35.5. The van der Waals surface area contributed by atoms with Gasteiger partial charge in [-0.1, -0.05) is 67.9 Å². The van der Waals surface area contributed by atoms with E-state index in [1.165, 1.54) is 0 Å². The lowest BCUT2D eigenvalue weighted by molar-refractivity contribution is -0.129. The summed E-state index contributed by atoms with van der Waals surface area (Å²) in [7, 11) is 0. The van der Waals surface area contributed by atoms with Gasteiger partial charge < -0.3 is 0 Å². The van der Waals surface area contributed by atoms with Crippen molar-refractivity contribution in [1.29, 1.82) is 0 Å². The van der Waals surface area contributed by atoms with E-state index in [0.717, 1.165) is 32.5 Å². The van der Waals surface area contributed by atoms with Crippen LogP contribution >= 0.6 is 35.5 Å². The fourth-order valence-corrected chi connectivity index (χ4v) is 4.42. The van der Waals surface area contributed by atoms with Gasteiger partial charge in [0, 0.05) is 22.1 Å². The summed E-state index contributed by atoms with van der Waals surface area (Å²) in [5.74, 6) is -0.168. The fourth-order valence-electron chi connectivity index (χ4n) is 2.93. The molecule has 150 valence electrons. The minimum Gasteiger partial charge on any atom is -0.267 e. The number of hydrogen-bond acceptors (Lipinski definition) is 5. The number of benzene rings is 2. The van der Waals surface area contributed by atoms with Crippen molar-refractivity contribution in [3.05, 3.63) is 76.3 Å². The first kappa shape index (κ1) is 21.5. The lowest BCUT2D eigenvalue weighted by Crippen LogP contribution is -2.51. The molecule has 0 spiro atoms. The Bertz CT molecular complexity index is 932. The van der Waals surface area contributed by atoms with Gasteiger partial charge in [-0.3, -0.25) is 9.59 Å². The van der Waals surface area contributed by atoms with Crippen molar-refractivity contribution in [1.82, 2.24) is 8.61 Å². The molecule has 0 radical (unpaired) electrons. The van der Waals surface area contributed by atoms with Crippen molar-refractivity contribution in [2.75, 3.05) is 11.5 Å². The van der Waals surface area contributed by atoms with Gasteiger partial charge in [-0.2, -0.15) is 8.61 Å². The van der Waals surface area contributed by atoms with E-state index in [2.05, 4.69) is 0 Å². The SMILES string of the molecule is CCSN1C(=O)C(=C(c2ccccc2)c2ccc(Cl)cc2)C(=O)N(SCC)C1=O. The molecule has 0 aliphatic carbocycles. The zero-order valence-corrected chi connectivity index (χ0v) is 18.3. The lowest BCUT2D eigenvalue weighted by atomic mass is 9.91. The Kier molecular flexibility index (Phi) is 7.05. The highest BCUT2D eigenvalue weighted by molar-refractivity contribution is 7.99. The summed E-state index contributed by atoms with van der Waals surface area (Å²) in [6.07, 6.45) is 0. The van der Waals surface area contributed by atoms with E-state index in [9.17, 15) is 14.4 Å². The zero-order valence-electron chi connectivity index (χ0n) is 15.9. The number of amides is 4. The van der Waals surface area contributed by atoms with Gasteiger partial charge in [0.05, 0.1) is 0 Å². The van der Waals surface area contributed by atoms with Crippen LogP contribution in [0, 0.1) is 0 Å². The number of hydrogen-bond donors (Lipinski definition) is 0. The summed E-state index contributed by atoms with van der Waals surface area (Å²) in [5.41, 5.74) is 1.84. The predicted octanol–water partition coefficient (Wildman–Crippen LogP) is 5.27. The maximum absolute atomic E-state index is 13.3. The second kappa shape index (κ2) is 9.52. The monoisotopic (exact) mass is 446 g/mol. The number of barbiturate groups is 1. The van der Waals surface area contributed by atoms with E-state index in [-0.39, 0.29) is 5.57 Å². The van der Waals surface area contributed by atoms with Crippen LogP contribution in [0.5, 0.6) is 0 Å². The first-order chi connectivity index (χ1) is 14.0. The van der Waals surface area contributed by atoms with Crippen LogP contribution in [0.25, 0.3) is 5.57 Å². The molecule has 0 unspecified atom stereocenters. The van der Waals surface area contributed by atoms with Crippen LogP contribution in [0.1, 0.15) is 25.0 Å². The standard InChI is InChI=1S/C21H19ClN2O3S2/c1-3-28-23-19(25)18(20(26)24(21(23)27)29-4-2)17(14-8-6-5-7-9-14)15-10-12-16(22)13-11-15/h5-13H,3-4H2,1-2H3. The van der Waals surface area contributed by atoms with Crippen molar-refractivity contribution in [3.63, 3.8) is 0 Å². The average Bonchev–Trinajstić information content (AvgIpc) is 2.73. The van der Waals surface area contributed by atoms with Crippen molar-refractivity contribution in [3.8, 4) is 0 Å². The molecule has 3 rings (SSSR count). The summed E-state index contributed by atoms with van der Waals surface area (Å²) in [5, 5.41) is 0.550. The molecule has 1 saturated heterocycles. The van der Waals surface area contributed by atoms with Crippen LogP contribution in [0.3, 0.4) is 0 Å². The Morgan fingerprint density at radius 1 is 0.793 bits per heavy atom. The molecule has 0 aromatic heterocycles. The fraction of sp³-hybridized carbons (Fsp3) is 0.190. The Morgan fingerprint density at radius 2 is 1.28 bits per heavy atom. The first-order valence-corrected chi connectivity index (χ1v) is 11.3. The van der Waals surface area contributed by atoms with Gasteiger partial charge in [0.15, 0.2) is 0 Å². The lowest BCUT2D eigenvalue weighted by Gasteiger charge is -2.32. The summed E-state index contributed by atoms with van der Waals surface area (Å²) in [4.78, 5) is 39.3. The van der Waals surface area contributed by atoms with Crippen LogP contribution in [0.4, 0.5) is 4.79 Å². The third-order valence-corrected chi connectivity index (χ3v) is 6.03. The van der Waals surface area contributed by atoms with Crippen LogP contribution in [-0.2, 0) is 9.59 Å². The van der Waals surface area contributed by atoms with Crippen molar-refractivity contribution >= 4 is 58.9 Å². The maximum atomic E-state index is 13.3. The Morgan fingerprint density at radius 3 is 1.76 bits per heavy atom. The second-order valence-electron chi connectivity index (χ2n) is 5.94. The normalized spacial score (nSPS) is 14.6. The molecule has 1 aliphatic heterocycles. The number of imide groups is 2. The number of nitrogens with zero attached hydrogens (tertiary/aromatic N) is 2. The van der Waals surface area contributed by atoms with E-state index in [0.29, 0.717) is 33.2 Å². The molecule has 4 amide bonds. The Labute approximate surface area is 183 Å². The summed E-state index contributed by atoms with van der Waals surface area (Å²) < 4.78 is 2.14. The van der Waals surface area contributed by atoms with Gasteiger partial charge >= 0.3 is 6.03 Å². The Hall–Kier alpha value is -2.22. The number of rotatable bonds is 6. The van der Waals surface area contributed by atoms with E-state index >= 15 is 0 Å². The molecule has 0 bridgehead atoms. The van der Waals surface area contributed by atoms with Gasteiger partial charge in [0.2, 0.25) is 0 Å². The summed E-state index contributed by atoms with van der Waals surface area (Å²) in [6.45, 7) is 3.69. The number of carbonyl (C=O) groups excluding carboxylic acids is 3. The number of halogens is 1. The van der Waals surface area contributed by atoms with Gasteiger partial charge in [-0.05, 0) is 47.2 Å². The van der Waals surface area contributed by atoms with Crippen LogP contribution < -0.4 is 0 Å². The van der Waals surface area contributed by atoms with Crippen molar-refractivity contribution in [2.24, 2.45) is 0 Å². The maximum Gasteiger partial charge on any atom is 0.354 e. The number of carbonyl (C=O) groups is 3. The Balaban J connectivity index is 2.28. The van der Waals surface area contributed by atoms with E-state index in [4.69, 9.17) is 11.6 Å². The predicted molar refractivity (Wildman–Crippen MR) is 119 cm³/mol. The highest BCUT2D eigenvalue weighted by Crippen LogP contribution is 2.36. The summed E-state index contributed by atoms with van der Waals surface area (Å²) in [6, 6.07) is 15.5. The summed E-state index contributed by atoms with van der Waals surface area (Å²) >= 11 is 8.21. The van der Waals surface area contributed by atoms with Gasteiger partial charge in [0.25, 0.3) is 11.8 Å². The second-order valence-corrected chi connectivity index (χ2v) is 8.78. The molecule has 5 nitrogen and oxygen atoms in total. The topological polar surface area (TPSA) is 57.7 Å². The van der Waals surface area contributed by atoms with Gasteiger partial charge in [-0.15, -0.1) is 0 Å². The molecule has 8 heteroatoms. The molecule has 1 heterocycles. The largest absolute Gasteiger partial charge is 0.354 e. The zero-order chi connectivity index (χ0) is 21.0. The highest BCUT2D eigenvalue weighted by Gasteiger charge is 2.44. The van der Waals surface area contributed by atoms with E-state index in [1.807, 2.05) is 44.2 Å².